The molecule has 0 saturated carbocycles. The standard InChI is InChI=1S/C11H17NO4S/c1-15-10-6-4-5-9(7-10)11(16-2)8-12-17(3,13)14/h4-7,11-12H,8H2,1-3H3. The molecule has 0 radical (unpaired) electrons. The predicted molar refractivity (Wildman–Crippen MR) is 65.6 cm³/mol. The Morgan fingerprint density at radius 1 is 1.35 bits per heavy atom. The summed E-state index contributed by atoms with van der Waals surface area (Å²) in [4.78, 5) is 0. The molecule has 0 fully saturated rings. The molecule has 0 aliphatic carbocycles. The Kier molecular flexibility index (Phi) is 4.92. The lowest BCUT2D eigenvalue weighted by Crippen LogP contribution is -2.28. The summed E-state index contributed by atoms with van der Waals surface area (Å²) in [6, 6.07) is 7.33. The van der Waals surface area contributed by atoms with Gasteiger partial charge in [0.25, 0.3) is 0 Å². The Labute approximate surface area is 102 Å². The Morgan fingerprint density at radius 2 is 2.06 bits per heavy atom. The molecular formula is C11H17NO4S. The summed E-state index contributed by atoms with van der Waals surface area (Å²) in [5.74, 6) is 0.712. The zero-order chi connectivity index (χ0) is 12.9. The molecular weight excluding hydrogens is 242 g/mol. The van der Waals surface area contributed by atoms with E-state index in [0.29, 0.717) is 5.75 Å². The third-order valence-corrected chi connectivity index (χ3v) is 2.97. The molecule has 0 saturated heterocycles. The van der Waals surface area contributed by atoms with Crippen molar-refractivity contribution in [2.75, 3.05) is 27.0 Å². The topological polar surface area (TPSA) is 64.6 Å². The van der Waals surface area contributed by atoms with E-state index in [1.165, 1.54) is 7.11 Å². The van der Waals surface area contributed by atoms with Gasteiger partial charge in [-0.15, -0.1) is 0 Å². The van der Waals surface area contributed by atoms with E-state index in [9.17, 15) is 8.42 Å². The van der Waals surface area contributed by atoms with Crippen LogP contribution in [0.1, 0.15) is 11.7 Å². The van der Waals surface area contributed by atoms with E-state index in [0.717, 1.165) is 11.8 Å². The molecule has 0 amide bonds. The second kappa shape index (κ2) is 6.00. The molecule has 0 aliphatic rings. The third-order valence-electron chi connectivity index (χ3n) is 2.28. The maximum Gasteiger partial charge on any atom is 0.208 e. The van der Waals surface area contributed by atoms with Crippen LogP contribution in [0.5, 0.6) is 5.75 Å². The first-order chi connectivity index (χ1) is 7.96. The van der Waals surface area contributed by atoms with Gasteiger partial charge >= 0.3 is 0 Å². The molecule has 1 atom stereocenters. The first kappa shape index (κ1) is 14.0. The van der Waals surface area contributed by atoms with Crippen molar-refractivity contribution >= 4 is 10.0 Å². The average Bonchev–Trinajstić information content (AvgIpc) is 2.29. The molecule has 0 spiro atoms. The van der Waals surface area contributed by atoms with Crippen molar-refractivity contribution in [3.8, 4) is 5.75 Å². The molecule has 6 heteroatoms. The van der Waals surface area contributed by atoms with Crippen molar-refractivity contribution in [3.05, 3.63) is 29.8 Å². The summed E-state index contributed by atoms with van der Waals surface area (Å²) >= 11 is 0. The lowest BCUT2D eigenvalue weighted by Gasteiger charge is -2.16. The Balaban J connectivity index is 2.78. The zero-order valence-electron chi connectivity index (χ0n) is 10.1. The first-order valence-electron chi connectivity index (χ1n) is 5.07. The van der Waals surface area contributed by atoms with Crippen LogP contribution < -0.4 is 9.46 Å². The van der Waals surface area contributed by atoms with Gasteiger partial charge in [0, 0.05) is 13.7 Å². The van der Waals surface area contributed by atoms with E-state index in [1.54, 1.807) is 7.11 Å². The Bertz CT molecular complexity index is 458. The number of hydrogen-bond acceptors (Lipinski definition) is 4. The van der Waals surface area contributed by atoms with Gasteiger partial charge in [-0.05, 0) is 17.7 Å². The van der Waals surface area contributed by atoms with Gasteiger partial charge in [-0.1, -0.05) is 12.1 Å². The van der Waals surface area contributed by atoms with E-state index in [4.69, 9.17) is 9.47 Å². The monoisotopic (exact) mass is 259 g/mol. The highest BCUT2D eigenvalue weighted by Crippen LogP contribution is 2.20. The molecule has 5 nitrogen and oxygen atoms in total. The summed E-state index contributed by atoms with van der Waals surface area (Å²) in [6.45, 7) is 0.197. The molecule has 1 unspecified atom stereocenters. The molecule has 0 aromatic heterocycles. The molecule has 17 heavy (non-hydrogen) atoms. The number of rotatable bonds is 6. The average molecular weight is 259 g/mol. The minimum Gasteiger partial charge on any atom is -0.497 e. The van der Waals surface area contributed by atoms with Gasteiger partial charge in [-0.25, -0.2) is 13.1 Å². The molecule has 96 valence electrons. The van der Waals surface area contributed by atoms with Crippen LogP contribution in [0.25, 0.3) is 0 Å². The van der Waals surface area contributed by atoms with Crippen LogP contribution in [0.15, 0.2) is 24.3 Å². The summed E-state index contributed by atoms with van der Waals surface area (Å²) in [6.07, 6.45) is 0.783. The van der Waals surface area contributed by atoms with Gasteiger partial charge in [-0.2, -0.15) is 0 Å². The highest BCUT2D eigenvalue weighted by atomic mass is 32.2. The highest BCUT2D eigenvalue weighted by Gasteiger charge is 2.13. The molecule has 0 aliphatic heterocycles. The molecule has 1 aromatic rings. The van der Waals surface area contributed by atoms with Gasteiger partial charge in [0.1, 0.15) is 5.75 Å². The maximum absolute atomic E-state index is 11.0. The molecule has 0 bridgehead atoms. The fraction of sp³-hybridized carbons (Fsp3) is 0.455. The van der Waals surface area contributed by atoms with E-state index in [1.807, 2.05) is 24.3 Å². The normalized spacial score (nSPS) is 13.4. The van der Waals surface area contributed by atoms with Crippen molar-refractivity contribution < 1.29 is 17.9 Å². The minimum atomic E-state index is -3.21. The van der Waals surface area contributed by atoms with Gasteiger partial charge in [0.2, 0.25) is 10.0 Å². The van der Waals surface area contributed by atoms with Crippen molar-refractivity contribution in [1.29, 1.82) is 0 Å². The van der Waals surface area contributed by atoms with Gasteiger partial charge in [0.15, 0.2) is 0 Å². The van der Waals surface area contributed by atoms with Crippen molar-refractivity contribution in [1.82, 2.24) is 4.72 Å². The second-order valence-electron chi connectivity index (χ2n) is 3.62. The van der Waals surface area contributed by atoms with Crippen molar-refractivity contribution in [2.24, 2.45) is 0 Å². The van der Waals surface area contributed by atoms with Crippen LogP contribution in [0.2, 0.25) is 0 Å². The molecule has 1 N–H and O–H groups in total. The van der Waals surface area contributed by atoms with Gasteiger partial charge in [-0.3, -0.25) is 0 Å². The fourth-order valence-electron chi connectivity index (χ4n) is 1.41. The lowest BCUT2D eigenvalue weighted by molar-refractivity contribution is 0.107. The van der Waals surface area contributed by atoms with E-state index in [2.05, 4.69) is 4.72 Å². The van der Waals surface area contributed by atoms with Crippen LogP contribution in [-0.2, 0) is 14.8 Å². The van der Waals surface area contributed by atoms with Crippen LogP contribution in [-0.4, -0.2) is 35.4 Å². The number of nitrogens with one attached hydrogen (secondary N) is 1. The number of ether oxygens (including phenoxy) is 2. The second-order valence-corrected chi connectivity index (χ2v) is 5.45. The van der Waals surface area contributed by atoms with Crippen LogP contribution in [0, 0.1) is 0 Å². The molecule has 1 aromatic carbocycles. The lowest BCUT2D eigenvalue weighted by atomic mass is 10.1. The van der Waals surface area contributed by atoms with E-state index in [-0.39, 0.29) is 12.6 Å². The zero-order valence-corrected chi connectivity index (χ0v) is 11.0. The highest BCUT2D eigenvalue weighted by molar-refractivity contribution is 7.88. The minimum absolute atomic E-state index is 0.197. The van der Waals surface area contributed by atoms with Crippen molar-refractivity contribution in [2.45, 2.75) is 6.10 Å². The largest absolute Gasteiger partial charge is 0.497 e. The number of hydrogen-bond donors (Lipinski definition) is 1. The number of benzene rings is 1. The van der Waals surface area contributed by atoms with Crippen molar-refractivity contribution in [3.63, 3.8) is 0 Å². The smallest absolute Gasteiger partial charge is 0.208 e. The quantitative estimate of drug-likeness (QED) is 0.825. The summed E-state index contributed by atoms with van der Waals surface area (Å²) in [5.41, 5.74) is 0.864. The number of methoxy groups -OCH3 is 2. The van der Waals surface area contributed by atoms with Crippen LogP contribution in [0.4, 0.5) is 0 Å². The third kappa shape index (κ3) is 4.72. The molecule has 1 rings (SSSR count). The summed E-state index contributed by atoms with van der Waals surface area (Å²) in [7, 11) is -0.0994. The fourth-order valence-corrected chi connectivity index (χ4v) is 1.86. The van der Waals surface area contributed by atoms with E-state index >= 15 is 0 Å². The van der Waals surface area contributed by atoms with Gasteiger partial charge in [0.05, 0.1) is 19.5 Å². The SMILES string of the molecule is COc1cccc(C(CNS(C)(=O)=O)OC)c1. The summed E-state index contributed by atoms with van der Waals surface area (Å²) in [5, 5.41) is 0. The molecule has 0 heterocycles. The van der Waals surface area contributed by atoms with E-state index < -0.39 is 10.0 Å². The maximum atomic E-state index is 11.0. The van der Waals surface area contributed by atoms with Crippen LogP contribution >= 0.6 is 0 Å². The Hall–Kier alpha value is -1.11. The Morgan fingerprint density at radius 3 is 2.59 bits per heavy atom. The summed E-state index contributed by atoms with van der Waals surface area (Å²) < 4.78 is 34.8. The predicted octanol–water partition coefficient (Wildman–Crippen LogP) is 0.932. The van der Waals surface area contributed by atoms with Gasteiger partial charge < -0.3 is 9.47 Å². The number of sulfonamides is 1. The van der Waals surface area contributed by atoms with Crippen LogP contribution in [0.3, 0.4) is 0 Å². The first-order valence-corrected chi connectivity index (χ1v) is 6.97.